The van der Waals surface area contributed by atoms with Gasteiger partial charge in [-0.25, -0.2) is 14.6 Å². The molecular formula is C13H21N5O7P2. The molecule has 0 bridgehead atoms. The van der Waals surface area contributed by atoms with Crippen molar-refractivity contribution in [2.45, 2.75) is 44.5 Å². The van der Waals surface area contributed by atoms with Crippen molar-refractivity contribution in [1.29, 1.82) is 0 Å². The minimum atomic E-state index is -4.03. The average molecular weight is 421 g/mol. The third-order valence-corrected chi connectivity index (χ3v) is 6.44. The maximum Gasteiger partial charge on any atom is 0.333 e. The molecule has 1 aliphatic heterocycles. The first kappa shape index (κ1) is 20.3. The van der Waals surface area contributed by atoms with Gasteiger partial charge in [0.25, 0.3) is 0 Å². The summed E-state index contributed by atoms with van der Waals surface area (Å²) >= 11 is 0. The summed E-state index contributed by atoms with van der Waals surface area (Å²) in [7, 11) is -7.93. The lowest BCUT2D eigenvalue weighted by Crippen LogP contribution is -2.26. The van der Waals surface area contributed by atoms with Crippen molar-refractivity contribution in [2.24, 2.45) is 0 Å². The Morgan fingerprint density at radius 2 is 2.04 bits per heavy atom. The molecule has 3 rings (SSSR count). The van der Waals surface area contributed by atoms with Crippen LogP contribution < -0.4 is 5.73 Å². The van der Waals surface area contributed by atoms with Crippen LogP contribution in [0.3, 0.4) is 0 Å². The van der Waals surface area contributed by atoms with Crippen LogP contribution in [0.2, 0.25) is 0 Å². The first-order valence-corrected chi connectivity index (χ1v) is 11.7. The molecule has 2 aromatic rings. The number of hydrogen-bond donors (Lipinski definition) is 3. The van der Waals surface area contributed by atoms with Gasteiger partial charge in [0.15, 0.2) is 18.2 Å². The van der Waals surface area contributed by atoms with Gasteiger partial charge in [-0.2, -0.15) is 5.10 Å². The third kappa shape index (κ3) is 4.38. The molecule has 0 saturated carbocycles. The highest BCUT2D eigenvalue weighted by atomic mass is 31.2. The Bertz CT molecular complexity index is 929. The smallest absolute Gasteiger partial charge is 0.333 e. The second kappa shape index (κ2) is 7.21. The number of fused-ring (bicyclic) bond motifs is 1. The van der Waals surface area contributed by atoms with Crippen LogP contribution in [0, 0.1) is 0 Å². The zero-order valence-corrected chi connectivity index (χ0v) is 16.7. The number of anilines is 1. The van der Waals surface area contributed by atoms with Gasteiger partial charge in [-0.15, -0.1) is 0 Å². The summed E-state index contributed by atoms with van der Waals surface area (Å²) in [5, 5.41) is 4.67. The Morgan fingerprint density at radius 3 is 2.67 bits per heavy atom. The van der Waals surface area contributed by atoms with Gasteiger partial charge in [-0.3, -0.25) is 18.2 Å². The zero-order valence-electron chi connectivity index (χ0n) is 14.9. The van der Waals surface area contributed by atoms with Crippen LogP contribution in [0.15, 0.2) is 12.5 Å². The minimum absolute atomic E-state index is 0.0435. The maximum absolute atomic E-state index is 12.2. The first-order chi connectivity index (χ1) is 12.5. The molecule has 3 unspecified atom stereocenters. The number of nitrogens with zero attached hydrogens (tertiary/aromatic N) is 4. The van der Waals surface area contributed by atoms with Crippen LogP contribution in [-0.2, 0) is 22.9 Å². The van der Waals surface area contributed by atoms with Gasteiger partial charge in [0.05, 0.1) is 17.2 Å². The van der Waals surface area contributed by atoms with E-state index in [2.05, 4.69) is 15.1 Å². The predicted molar refractivity (Wildman–Crippen MR) is 94.9 cm³/mol. The van der Waals surface area contributed by atoms with Crippen molar-refractivity contribution in [1.82, 2.24) is 19.7 Å². The molecule has 150 valence electrons. The number of aromatic nitrogens is 4. The van der Waals surface area contributed by atoms with E-state index in [1.54, 1.807) is 0 Å². The second-order valence-electron chi connectivity index (χ2n) is 6.49. The van der Waals surface area contributed by atoms with Crippen LogP contribution in [0.25, 0.3) is 11.0 Å². The highest BCUT2D eigenvalue weighted by molar-refractivity contribution is 7.53. The lowest BCUT2D eigenvalue weighted by molar-refractivity contribution is -0.127. The maximum atomic E-state index is 12.2. The van der Waals surface area contributed by atoms with Crippen LogP contribution in [0.1, 0.15) is 26.5 Å². The van der Waals surface area contributed by atoms with E-state index in [1.165, 1.54) is 31.1 Å². The highest BCUT2D eigenvalue weighted by Gasteiger charge is 2.45. The first-order valence-electron chi connectivity index (χ1n) is 8.06. The molecule has 0 amide bonds. The molecule has 0 radical (unpaired) electrons. The molecule has 0 aliphatic carbocycles. The summed E-state index contributed by atoms with van der Waals surface area (Å²) in [5.41, 5.74) is 5.48. The summed E-state index contributed by atoms with van der Waals surface area (Å²) < 4.78 is 41.4. The van der Waals surface area contributed by atoms with Crippen molar-refractivity contribution in [3.8, 4) is 0 Å². The second-order valence-corrected chi connectivity index (χ2v) is 10.7. The third-order valence-electron chi connectivity index (χ3n) is 3.96. The fraction of sp³-hybridized carbons (Fsp3) is 0.615. The van der Waals surface area contributed by atoms with Gasteiger partial charge >= 0.3 is 15.2 Å². The van der Waals surface area contributed by atoms with Gasteiger partial charge in [-0.1, -0.05) is 13.8 Å². The Kier molecular flexibility index (Phi) is 5.44. The molecule has 1 aliphatic rings. The van der Waals surface area contributed by atoms with Crippen LogP contribution in [0.4, 0.5) is 5.82 Å². The largest absolute Gasteiger partial charge is 0.383 e. The van der Waals surface area contributed by atoms with E-state index in [0.717, 1.165) is 6.66 Å². The Balaban J connectivity index is 1.91. The van der Waals surface area contributed by atoms with Crippen molar-refractivity contribution in [2.75, 3.05) is 12.4 Å². The van der Waals surface area contributed by atoms with Crippen molar-refractivity contribution >= 4 is 32.0 Å². The molecule has 14 heteroatoms. The van der Waals surface area contributed by atoms with Gasteiger partial charge in [-0.05, 0) is 0 Å². The monoisotopic (exact) mass is 421 g/mol. The predicted octanol–water partition coefficient (Wildman–Crippen LogP) is 1.46. The lowest BCUT2D eigenvalue weighted by atomic mass is 10.3. The normalized spacial score (nSPS) is 27.7. The summed E-state index contributed by atoms with van der Waals surface area (Å²) in [5.74, 6) is 0.234. The fourth-order valence-electron chi connectivity index (χ4n) is 2.56. The van der Waals surface area contributed by atoms with Crippen molar-refractivity contribution < 1.29 is 32.7 Å². The molecule has 1 saturated heterocycles. The summed E-state index contributed by atoms with van der Waals surface area (Å²) in [6, 6.07) is 0. The van der Waals surface area contributed by atoms with E-state index in [4.69, 9.17) is 19.5 Å². The van der Waals surface area contributed by atoms with Gasteiger partial charge in [0, 0.05) is 13.1 Å². The molecule has 3 heterocycles. The number of hydrogen-bond acceptors (Lipinski definition) is 9. The lowest BCUT2D eigenvalue weighted by Gasteiger charge is -2.24. The molecule has 0 spiro atoms. The zero-order chi connectivity index (χ0) is 20.0. The quantitative estimate of drug-likeness (QED) is 0.577. The Hall–Kier alpha value is -1.39. The topological polar surface area (TPSA) is 172 Å². The standard InChI is InChI=1S/C13H21N5O7P2/c1-7(2)27(21,22)25-13-9(24-26(3,19)20)4-10(23-13)18-12-8(5-17-18)11(14)15-6-16-12/h5-7,9-10,13H,4H2,1-3H3,(H,19,20)(H,21,22)(H2,14,15,16)/t9?,10-,13-/m1/s1. The Labute approximate surface area is 154 Å². The van der Waals surface area contributed by atoms with Gasteiger partial charge in [0.1, 0.15) is 18.2 Å². The molecule has 4 N–H and O–H groups in total. The summed E-state index contributed by atoms with van der Waals surface area (Å²) in [6.07, 6.45) is -0.450. The summed E-state index contributed by atoms with van der Waals surface area (Å²) in [4.78, 5) is 27.5. The molecular weight excluding hydrogens is 400 g/mol. The number of ether oxygens (including phenoxy) is 1. The van der Waals surface area contributed by atoms with E-state index in [-0.39, 0.29) is 12.2 Å². The molecule has 12 nitrogen and oxygen atoms in total. The number of nitrogen functional groups attached to an aromatic ring is 1. The van der Waals surface area contributed by atoms with Gasteiger partial charge in [0.2, 0.25) is 0 Å². The van der Waals surface area contributed by atoms with Crippen LogP contribution in [0.5, 0.6) is 0 Å². The van der Waals surface area contributed by atoms with Crippen molar-refractivity contribution in [3.63, 3.8) is 0 Å². The van der Waals surface area contributed by atoms with E-state index in [9.17, 15) is 18.9 Å². The van der Waals surface area contributed by atoms with Gasteiger partial charge < -0.3 is 20.3 Å². The molecule has 0 aromatic carbocycles. The Morgan fingerprint density at radius 1 is 1.33 bits per heavy atom. The highest BCUT2D eigenvalue weighted by Crippen LogP contribution is 2.53. The fourth-order valence-corrected chi connectivity index (χ4v) is 3.98. The average Bonchev–Trinajstić information content (AvgIpc) is 3.10. The van der Waals surface area contributed by atoms with Crippen LogP contribution in [-0.4, -0.2) is 54.3 Å². The molecule has 1 fully saturated rings. The number of nitrogens with two attached hydrogens (primary N) is 1. The summed E-state index contributed by atoms with van der Waals surface area (Å²) in [6.45, 7) is 4.04. The molecule has 2 aromatic heterocycles. The van der Waals surface area contributed by atoms with Crippen LogP contribution >= 0.6 is 15.2 Å². The van der Waals surface area contributed by atoms with Crippen molar-refractivity contribution in [3.05, 3.63) is 12.5 Å². The van der Waals surface area contributed by atoms with E-state index in [0.29, 0.717) is 11.0 Å². The van der Waals surface area contributed by atoms with E-state index in [1.807, 2.05) is 0 Å². The van der Waals surface area contributed by atoms with E-state index >= 15 is 0 Å². The SMILES string of the molecule is CC(C)P(=O)(O)O[C@H]1O[C@@H](n2ncc3c(N)ncnc32)CC1OP(C)(=O)O. The van der Waals surface area contributed by atoms with E-state index < -0.39 is 39.5 Å². The molecule has 27 heavy (non-hydrogen) atoms. The molecule has 5 atom stereocenters. The minimum Gasteiger partial charge on any atom is -0.383 e. The number of rotatable bonds is 6.